The molecule has 204 valence electrons. The third-order valence-corrected chi connectivity index (χ3v) is 7.84. The van der Waals surface area contributed by atoms with E-state index in [9.17, 15) is 4.79 Å². The van der Waals surface area contributed by atoms with Crippen LogP contribution in [0.3, 0.4) is 0 Å². The number of allylic oxidation sites excluding steroid dienone is 6. The summed E-state index contributed by atoms with van der Waals surface area (Å²) in [6.45, 7) is 7.01. The number of piperidine rings is 1. The molecule has 0 spiro atoms. The molecule has 39 heavy (non-hydrogen) atoms. The first kappa shape index (κ1) is 26.9. The SMILES string of the molecule is CCOC1=CCC=C(CCC(=O)C2=C(CC)Nc3ccccc3NC2c2ccc(N3CCCCC3)cc2)C=C1. The van der Waals surface area contributed by atoms with Crippen molar-refractivity contribution in [3.05, 3.63) is 101 Å². The number of carbonyl (C=O) groups is 1. The van der Waals surface area contributed by atoms with Crippen LogP contribution >= 0.6 is 0 Å². The van der Waals surface area contributed by atoms with Crippen molar-refractivity contribution in [2.75, 3.05) is 35.2 Å². The molecule has 5 heteroatoms. The minimum absolute atomic E-state index is 0.182. The van der Waals surface area contributed by atoms with E-state index in [2.05, 4.69) is 77.1 Å². The Kier molecular flexibility index (Phi) is 8.87. The maximum Gasteiger partial charge on any atom is 0.163 e. The molecule has 1 atom stereocenters. The van der Waals surface area contributed by atoms with Gasteiger partial charge in [0.05, 0.1) is 24.0 Å². The van der Waals surface area contributed by atoms with Crippen LogP contribution < -0.4 is 15.5 Å². The monoisotopic (exact) mass is 523 g/mol. The summed E-state index contributed by atoms with van der Waals surface area (Å²) in [5.74, 6) is 1.08. The predicted octanol–water partition coefficient (Wildman–Crippen LogP) is 8.08. The van der Waals surface area contributed by atoms with Crippen LogP contribution in [0.2, 0.25) is 0 Å². The standard InChI is InChI=1S/C34H41N3O2/c1-3-29-33(32(38)22-16-25-11-10-12-28(21-15-25)39-4-2)34(36-31-14-7-6-13-30(31)35-29)26-17-19-27(20-18-26)37-23-8-5-9-24-37/h6-7,11-15,17-21,34-36H,3-5,8-10,16,22-24H2,1-2H3. The van der Waals surface area contributed by atoms with Crippen LogP contribution in [0.1, 0.15) is 70.4 Å². The Balaban J connectivity index is 1.41. The maximum atomic E-state index is 14.0. The summed E-state index contributed by atoms with van der Waals surface area (Å²) < 4.78 is 5.66. The minimum atomic E-state index is -0.219. The zero-order chi connectivity index (χ0) is 27.0. The molecule has 0 radical (unpaired) electrons. The Bertz CT molecular complexity index is 1280. The number of rotatable bonds is 9. The fraction of sp³-hybridized carbons (Fsp3) is 0.382. The molecule has 5 nitrogen and oxygen atoms in total. The van der Waals surface area contributed by atoms with Crippen LogP contribution in [0.25, 0.3) is 0 Å². The molecule has 2 aromatic rings. The van der Waals surface area contributed by atoms with E-state index in [-0.39, 0.29) is 11.8 Å². The van der Waals surface area contributed by atoms with E-state index in [0.717, 1.165) is 59.9 Å². The molecule has 2 aromatic carbocycles. The van der Waals surface area contributed by atoms with Gasteiger partial charge < -0.3 is 20.3 Å². The molecular formula is C34H41N3O2. The van der Waals surface area contributed by atoms with Crippen molar-refractivity contribution in [3.63, 3.8) is 0 Å². The number of nitrogens with zero attached hydrogens (tertiary/aromatic N) is 1. The third-order valence-electron chi connectivity index (χ3n) is 7.84. The second-order valence-electron chi connectivity index (χ2n) is 10.4. The number of hydrogen-bond donors (Lipinski definition) is 2. The van der Waals surface area contributed by atoms with Gasteiger partial charge in [-0.25, -0.2) is 0 Å². The van der Waals surface area contributed by atoms with Crippen molar-refractivity contribution in [3.8, 4) is 0 Å². The van der Waals surface area contributed by atoms with E-state index in [0.29, 0.717) is 19.4 Å². The first-order chi connectivity index (χ1) is 19.2. The van der Waals surface area contributed by atoms with Crippen LogP contribution in [0.5, 0.6) is 0 Å². The van der Waals surface area contributed by atoms with Gasteiger partial charge >= 0.3 is 0 Å². The third kappa shape index (κ3) is 6.47. The number of anilines is 3. The normalized spacial score (nSPS) is 19.1. The number of hydrogen-bond acceptors (Lipinski definition) is 5. The number of Topliss-reactive ketones (excluding diaryl/α,β-unsaturated/α-hetero) is 1. The summed E-state index contributed by atoms with van der Waals surface area (Å²) in [7, 11) is 0. The quantitative estimate of drug-likeness (QED) is 0.348. The van der Waals surface area contributed by atoms with Crippen molar-refractivity contribution < 1.29 is 9.53 Å². The van der Waals surface area contributed by atoms with Gasteiger partial charge in [0.25, 0.3) is 0 Å². The summed E-state index contributed by atoms with van der Waals surface area (Å²) in [6, 6.07) is 16.9. The van der Waals surface area contributed by atoms with E-state index >= 15 is 0 Å². The first-order valence-electron chi connectivity index (χ1n) is 14.6. The Morgan fingerprint density at radius 1 is 0.949 bits per heavy atom. The topological polar surface area (TPSA) is 53.6 Å². The van der Waals surface area contributed by atoms with Gasteiger partial charge in [-0.2, -0.15) is 0 Å². The predicted molar refractivity (Wildman–Crippen MR) is 162 cm³/mol. The fourth-order valence-corrected chi connectivity index (χ4v) is 5.74. The zero-order valence-corrected chi connectivity index (χ0v) is 23.3. The largest absolute Gasteiger partial charge is 0.494 e. The van der Waals surface area contributed by atoms with Gasteiger partial charge in [0.15, 0.2) is 5.78 Å². The number of ketones is 1. The summed E-state index contributed by atoms with van der Waals surface area (Å²) in [5.41, 5.74) is 7.41. The van der Waals surface area contributed by atoms with Gasteiger partial charge in [-0.15, -0.1) is 0 Å². The van der Waals surface area contributed by atoms with Gasteiger partial charge in [-0.3, -0.25) is 4.79 Å². The highest BCUT2D eigenvalue weighted by Crippen LogP contribution is 2.39. The first-order valence-corrected chi connectivity index (χ1v) is 14.6. The van der Waals surface area contributed by atoms with Crippen molar-refractivity contribution in [1.29, 1.82) is 0 Å². The molecule has 0 saturated carbocycles. The number of fused-ring (bicyclic) bond motifs is 1. The summed E-state index contributed by atoms with van der Waals surface area (Å²) in [6.07, 6.45) is 15.0. The second kappa shape index (κ2) is 12.9. The molecular weight excluding hydrogens is 482 g/mol. The molecule has 1 fully saturated rings. The van der Waals surface area contributed by atoms with E-state index in [1.165, 1.54) is 30.5 Å². The molecule has 1 saturated heterocycles. The lowest BCUT2D eigenvalue weighted by Gasteiger charge is -2.29. The molecule has 1 unspecified atom stereocenters. The minimum Gasteiger partial charge on any atom is -0.494 e. The average molecular weight is 524 g/mol. The van der Waals surface area contributed by atoms with Crippen molar-refractivity contribution in [2.24, 2.45) is 0 Å². The number of para-hydroxylation sites is 2. The number of benzene rings is 2. The smallest absolute Gasteiger partial charge is 0.163 e. The lowest BCUT2D eigenvalue weighted by molar-refractivity contribution is -0.115. The van der Waals surface area contributed by atoms with Crippen molar-refractivity contribution in [1.82, 2.24) is 0 Å². The Hall–Kier alpha value is -3.73. The van der Waals surface area contributed by atoms with Crippen LogP contribution in [-0.2, 0) is 9.53 Å². The molecule has 0 bridgehead atoms. The number of ether oxygens (including phenoxy) is 1. The maximum absolute atomic E-state index is 14.0. The lowest BCUT2D eigenvalue weighted by Crippen LogP contribution is -2.29. The molecule has 0 aromatic heterocycles. The zero-order valence-electron chi connectivity index (χ0n) is 23.3. The molecule has 3 aliphatic rings. The highest BCUT2D eigenvalue weighted by Gasteiger charge is 2.29. The van der Waals surface area contributed by atoms with Gasteiger partial charge in [0.2, 0.25) is 0 Å². The van der Waals surface area contributed by atoms with Gasteiger partial charge in [-0.05, 0) is 87.4 Å². The van der Waals surface area contributed by atoms with Crippen LogP contribution in [0, 0.1) is 0 Å². The lowest BCUT2D eigenvalue weighted by atomic mass is 9.90. The van der Waals surface area contributed by atoms with E-state index in [4.69, 9.17) is 4.74 Å². The van der Waals surface area contributed by atoms with Crippen molar-refractivity contribution in [2.45, 2.75) is 64.8 Å². The van der Waals surface area contributed by atoms with Gasteiger partial charge in [0, 0.05) is 36.5 Å². The van der Waals surface area contributed by atoms with Crippen LogP contribution in [0.4, 0.5) is 17.1 Å². The number of nitrogens with one attached hydrogen (secondary N) is 2. The highest BCUT2D eigenvalue weighted by molar-refractivity contribution is 5.99. The second-order valence-corrected chi connectivity index (χ2v) is 10.4. The molecule has 1 aliphatic carbocycles. The highest BCUT2D eigenvalue weighted by atomic mass is 16.5. The van der Waals surface area contributed by atoms with Crippen LogP contribution in [-0.4, -0.2) is 25.5 Å². The Morgan fingerprint density at radius 2 is 1.72 bits per heavy atom. The molecule has 0 amide bonds. The van der Waals surface area contributed by atoms with E-state index < -0.39 is 0 Å². The Labute approximate surface area is 233 Å². The van der Waals surface area contributed by atoms with Crippen molar-refractivity contribution >= 4 is 22.8 Å². The molecule has 2 N–H and O–H groups in total. The van der Waals surface area contributed by atoms with Crippen LogP contribution in [0.15, 0.2) is 95.4 Å². The van der Waals surface area contributed by atoms with E-state index in [1.807, 2.05) is 25.1 Å². The average Bonchev–Trinajstić information content (AvgIpc) is 3.31. The van der Waals surface area contributed by atoms with E-state index in [1.54, 1.807) is 0 Å². The molecule has 5 rings (SSSR count). The molecule has 2 aliphatic heterocycles. The molecule has 2 heterocycles. The summed E-state index contributed by atoms with van der Waals surface area (Å²) >= 11 is 0. The summed E-state index contributed by atoms with van der Waals surface area (Å²) in [5, 5.41) is 7.33. The van der Waals surface area contributed by atoms with Gasteiger partial charge in [-0.1, -0.05) is 48.9 Å². The fourth-order valence-electron chi connectivity index (χ4n) is 5.74. The Morgan fingerprint density at radius 3 is 2.46 bits per heavy atom. The number of carbonyl (C=O) groups excluding carboxylic acids is 1. The summed E-state index contributed by atoms with van der Waals surface area (Å²) in [4.78, 5) is 16.5. The van der Waals surface area contributed by atoms with Gasteiger partial charge in [0.1, 0.15) is 5.76 Å².